The summed E-state index contributed by atoms with van der Waals surface area (Å²) in [7, 11) is 7.82. The van der Waals surface area contributed by atoms with E-state index in [1.54, 1.807) is 21.3 Å². The van der Waals surface area contributed by atoms with Crippen LogP contribution in [-0.4, -0.2) is 40.7 Å². The Morgan fingerprint density at radius 2 is 1.36 bits per heavy atom. The summed E-state index contributed by atoms with van der Waals surface area (Å²) in [6.07, 6.45) is 1.53. The number of hydrogen-bond donors (Lipinski definition) is 1. The summed E-state index contributed by atoms with van der Waals surface area (Å²) in [6.45, 7) is 0. The molecule has 0 atom stereocenters. The average molecular weight is 346 g/mol. The molecular weight excluding hydrogens is 324 g/mol. The van der Waals surface area contributed by atoms with E-state index in [1.807, 2.05) is 12.1 Å². The van der Waals surface area contributed by atoms with Crippen LogP contribution >= 0.6 is 0 Å². The fourth-order valence-corrected chi connectivity index (χ4v) is 3.47. The Labute approximate surface area is 146 Å². The molecule has 25 heavy (non-hydrogen) atoms. The maximum atomic E-state index is 10.5. The quantitative estimate of drug-likeness (QED) is 0.897. The molecular formula is C19H22O6. The highest BCUT2D eigenvalue weighted by Crippen LogP contribution is 2.54. The van der Waals surface area contributed by atoms with Crippen molar-refractivity contribution in [1.29, 1.82) is 0 Å². The van der Waals surface area contributed by atoms with Crippen molar-refractivity contribution in [1.82, 2.24) is 0 Å². The molecule has 6 nitrogen and oxygen atoms in total. The monoisotopic (exact) mass is 346 g/mol. The number of hydrogen-bond acceptors (Lipinski definition) is 6. The molecule has 6 heteroatoms. The van der Waals surface area contributed by atoms with Gasteiger partial charge in [0.1, 0.15) is 0 Å². The Bertz CT molecular complexity index is 813. The Balaban J connectivity index is 2.37. The van der Waals surface area contributed by atoms with Gasteiger partial charge in [0.25, 0.3) is 0 Å². The number of aryl methyl sites for hydroxylation is 1. The highest BCUT2D eigenvalue weighted by atomic mass is 16.5. The second kappa shape index (κ2) is 6.63. The van der Waals surface area contributed by atoms with Crippen molar-refractivity contribution >= 4 is 0 Å². The third-order valence-electron chi connectivity index (χ3n) is 4.57. The molecule has 1 aliphatic carbocycles. The summed E-state index contributed by atoms with van der Waals surface area (Å²) in [5.74, 6) is 2.51. The lowest BCUT2D eigenvalue weighted by Gasteiger charge is -2.27. The molecule has 0 aromatic heterocycles. The van der Waals surface area contributed by atoms with Crippen molar-refractivity contribution in [3.63, 3.8) is 0 Å². The van der Waals surface area contributed by atoms with Gasteiger partial charge in [0.2, 0.25) is 11.5 Å². The van der Waals surface area contributed by atoms with Gasteiger partial charge in [0.05, 0.1) is 35.5 Å². The predicted molar refractivity (Wildman–Crippen MR) is 93.7 cm³/mol. The number of phenols is 1. The molecule has 0 radical (unpaired) electrons. The normalized spacial score (nSPS) is 12.0. The zero-order valence-corrected chi connectivity index (χ0v) is 15.1. The number of aromatic hydroxyl groups is 1. The fourth-order valence-electron chi connectivity index (χ4n) is 3.47. The van der Waals surface area contributed by atoms with E-state index in [-0.39, 0.29) is 5.75 Å². The second-order valence-electron chi connectivity index (χ2n) is 5.67. The molecule has 1 aliphatic rings. The van der Waals surface area contributed by atoms with Crippen molar-refractivity contribution in [2.45, 2.75) is 12.8 Å². The van der Waals surface area contributed by atoms with Gasteiger partial charge in [-0.1, -0.05) is 0 Å². The maximum absolute atomic E-state index is 10.5. The number of phenolic OH excluding ortho intramolecular Hbond substituents is 1. The molecule has 0 aliphatic heterocycles. The SMILES string of the molecule is COc1cc2c(c(OC)c1O)-c1cc(OC)c(OC)c(OC)c1CC2. The first-order valence-electron chi connectivity index (χ1n) is 7.90. The fraction of sp³-hybridized carbons (Fsp3) is 0.368. The highest BCUT2D eigenvalue weighted by molar-refractivity contribution is 5.86. The van der Waals surface area contributed by atoms with Gasteiger partial charge in [-0.3, -0.25) is 0 Å². The zero-order valence-electron chi connectivity index (χ0n) is 15.1. The van der Waals surface area contributed by atoms with Crippen LogP contribution < -0.4 is 23.7 Å². The molecule has 0 spiro atoms. The number of benzene rings is 2. The smallest absolute Gasteiger partial charge is 0.203 e. The minimum Gasteiger partial charge on any atom is -0.502 e. The van der Waals surface area contributed by atoms with Crippen molar-refractivity contribution in [2.75, 3.05) is 35.5 Å². The van der Waals surface area contributed by atoms with Gasteiger partial charge in [-0.15, -0.1) is 0 Å². The van der Waals surface area contributed by atoms with E-state index < -0.39 is 0 Å². The molecule has 0 bridgehead atoms. The zero-order chi connectivity index (χ0) is 18.1. The molecule has 2 aromatic rings. The largest absolute Gasteiger partial charge is 0.502 e. The molecule has 2 aromatic carbocycles. The first-order chi connectivity index (χ1) is 12.1. The van der Waals surface area contributed by atoms with Gasteiger partial charge in [0, 0.05) is 11.1 Å². The third kappa shape index (κ3) is 2.49. The van der Waals surface area contributed by atoms with Crippen LogP contribution in [0.25, 0.3) is 11.1 Å². The van der Waals surface area contributed by atoms with Crippen LogP contribution in [0.3, 0.4) is 0 Å². The minimum atomic E-state index is -0.0228. The number of methoxy groups -OCH3 is 5. The minimum absolute atomic E-state index is 0.0228. The van der Waals surface area contributed by atoms with Crippen LogP contribution in [0.1, 0.15) is 11.1 Å². The van der Waals surface area contributed by atoms with E-state index in [0.717, 1.165) is 35.1 Å². The third-order valence-corrected chi connectivity index (χ3v) is 4.57. The van der Waals surface area contributed by atoms with E-state index in [0.29, 0.717) is 28.7 Å². The van der Waals surface area contributed by atoms with Gasteiger partial charge in [-0.05, 0) is 36.1 Å². The first kappa shape index (κ1) is 17.1. The van der Waals surface area contributed by atoms with E-state index in [4.69, 9.17) is 23.7 Å². The van der Waals surface area contributed by atoms with Crippen molar-refractivity contribution in [3.05, 3.63) is 23.3 Å². The molecule has 0 saturated heterocycles. The van der Waals surface area contributed by atoms with Gasteiger partial charge in [-0.2, -0.15) is 0 Å². The maximum Gasteiger partial charge on any atom is 0.203 e. The number of ether oxygens (including phenoxy) is 5. The highest BCUT2D eigenvalue weighted by Gasteiger charge is 2.30. The molecule has 1 N–H and O–H groups in total. The summed E-state index contributed by atoms with van der Waals surface area (Å²) in [5.41, 5.74) is 3.75. The molecule has 0 amide bonds. The lowest BCUT2D eigenvalue weighted by atomic mass is 9.83. The molecule has 0 unspecified atom stereocenters. The molecule has 0 heterocycles. The lowest BCUT2D eigenvalue weighted by molar-refractivity contribution is 0.322. The first-order valence-corrected chi connectivity index (χ1v) is 7.90. The molecule has 3 rings (SSSR count). The Morgan fingerprint density at radius 3 is 1.92 bits per heavy atom. The summed E-state index contributed by atoms with van der Waals surface area (Å²) >= 11 is 0. The summed E-state index contributed by atoms with van der Waals surface area (Å²) in [5, 5.41) is 10.5. The van der Waals surface area contributed by atoms with Crippen LogP contribution in [0.5, 0.6) is 34.5 Å². The standard InChI is InChI=1S/C19H22O6/c1-21-13-8-10-6-7-11-12(15(10)19(25-5)16(13)20)9-14(22-2)18(24-4)17(11)23-3/h8-9,20H,6-7H2,1-5H3. The average Bonchev–Trinajstić information content (AvgIpc) is 2.65. The predicted octanol–water partition coefficient (Wildman–Crippen LogP) is 3.20. The summed E-state index contributed by atoms with van der Waals surface area (Å²) in [4.78, 5) is 0. The van der Waals surface area contributed by atoms with Crippen LogP contribution in [0.15, 0.2) is 12.1 Å². The van der Waals surface area contributed by atoms with Crippen LogP contribution in [0.2, 0.25) is 0 Å². The van der Waals surface area contributed by atoms with E-state index in [1.165, 1.54) is 14.2 Å². The Hall–Kier alpha value is -2.76. The second-order valence-corrected chi connectivity index (χ2v) is 5.67. The van der Waals surface area contributed by atoms with Crippen molar-refractivity contribution < 1.29 is 28.8 Å². The Kier molecular flexibility index (Phi) is 4.53. The summed E-state index contributed by atoms with van der Waals surface area (Å²) in [6, 6.07) is 3.74. The molecule has 0 saturated carbocycles. The lowest BCUT2D eigenvalue weighted by Crippen LogP contribution is -2.10. The topological polar surface area (TPSA) is 66.4 Å². The van der Waals surface area contributed by atoms with Crippen LogP contribution in [-0.2, 0) is 12.8 Å². The van der Waals surface area contributed by atoms with Gasteiger partial charge < -0.3 is 28.8 Å². The van der Waals surface area contributed by atoms with Crippen molar-refractivity contribution in [2.24, 2.45) is 0 Å². The number of rotatable bonds is 5. The van der Waals surface area contributed by atoms with Gasteiger partial charge in [-0.25, -0.2) is 0 Å². The van der Waals surface area contributed by atoms with Crippen LogP contribution in [0.4, 0.5) is 0 Å². The molecule has 0 fully saturated rings. The van der Waals surface area contributed by atoms with Crippen LogP contribution in [0, 0.1) is 0 Å². The molecule has 134 valence electrons. The van der Waals surface area contributed by atoms with E-state index >= 15 is 0 Å². The Morgan fingerprint density at radius 1 is 0.720 bits per heavy atom. The number of fused-ring (bicyclic) bond motifs is 3. The summed E-state index contributed by atoms with van der Waals surface area (Å²) < 4.78 is 27.3. The van der Waals surface area contributed by atoms with Crippen molar-refractivity contribution in [3.8, 4) is 45.6 Å². The van der Waals surface area contributed by atoms with Gasteiger partial charge in [0.15, 0.2) is 23.0 Å². The van der Waals surface area contributed by atoms with Gasteiger partial charge >= 0.3 is 0 Å². The van der Waals surface area contributed by atoms with E-state index in [9.17, 15) is 5.11 Å². The van der Waals surface area contributed by atoms with E-state index in [2.05, 4.69) is 0 Å².